The highest BCUT2D eigenvalue weighted by atomic mass is 16.6. The monoisotopic (exact) mass is 244 g/mol. The van der Waals surface area contributed by atoms with Gasteiger partial charge in [-0.2, -0.15) is 4.98 Å². The summed E-state index contributed by atoms with van der Waals surface area (Å²) < 4.78 is 6.04. The molecule has 1 unspecified atom stereocenters. The van der Waals surface area contributed by atoms with Crippen molar-refractivity contribution in [3.05, 3.63) is 16.8 Å². The van der Waals surface area contributed by atoms with Gasteiger partial charge in [-0.25, -0.2) is 9.78 Å². The van der Waals surface area contributed by atoms with Crippen LogP contribution in [0.15, 0.2) is 11.1 Å². The molecule has 2 heterocycles. The quantitative estimate of drug-likeness (QED) is 0.426. The molecule has 2 rings (SSSR count). The summed E-state index contributed by atoms with van der Waals surface area (Å²) in [4.78, 5) is 18.4. The summed E-state index contributed by atoms with van der Waals surface area (Å²) in [6.45, 7) is -0.473. The van der Waals surface area contributed by atoms with Crippen molar-refractivity contribution in [2.24, 2.45) is 0 Å². The molecule has 1 aliphatic rings. The Morgan fingerprint density at radius 2 is 2.18 bits per heavy atom. The summed E-state index contributed by atoms with van der Waals surface area (Å²) in [6.07, 6.45) is -3.67. The van der Waals surface area contributed by atoms with E-state index in [-0.39, 0.29) is 5.95 Å². The molecule has 4 atom stereocenters. The average Bonchev–Trinajstić information content (AvgIpc) is 2.57. The van der Waals surface area contributed by atoms with Gasteiger partial charge in [0, 0.05) is 0 Å². The van der Waals surface area contributed by atoms with Gasteiger partial charge in [0.1, 0.15) is 24.6 Å². The van der Waals surface area contributed by atoms with Gasteiger partial charge < -0.3 is 25.8 Å². The minimum absolute atomic E-state index is 0.196. The lowest BCUT2D eigenvalue weighted by Gasteiger charge is -2.16. The molecule has 94 valence electrons. The molecule has 0 radical (unpaired) electrons. The first-order valence-corrected chi connectivity index (χ1v) is 4.87. The topological polar surface area (TPSA) is 144 Å². The maximum absolute atomic E-state index is 11.5. The Labute approximate surface area is 95.1 Å². The summed E-state index contributed by atoms with van der Waals surface area (Å²) >= 11 is 0. The van der Waals surface area contributed by atoms with Gasteiger partial charge in [-0.3, -0.25) is 4.57 Å². The van der Waals surface area contributed by atoms with Crippen LogP contribution in [0.3, 0.4) is 0 Å². The van der Waals surface area contributed by atoms with Gasteiger partial charge in [-0.1, -0.05) is 0 Å². The molecular formula is C8H12N4O5. The lowest BCUT2D eigenvalue weighted by molar-refractivity contribution is -0.0554. The number of nitrogens with two attached hydrogens (primary N) is 1. The highest BCUT2D eigenvalue weighted by Gasteiger charge is 2.43. The second-order valence-electron chi connectivity index (χ2n) is 3.63. The smallest absolute Gasteiger partial charge is 0.354 e. The second-order valence-corrected chi connectivity index (χ2v) is 3.63. The number of ether oxygens (including phenoxy) is 1. The molecule has 1 aliphatic heterocycles. The zero-order chi connectivity index (χ0) is 12.6. The van der Waals surface area contributed by atoms with Crippen molar-refractivity contribution < 1.29 is 20.1 Å². The van der Waals surface area contributed by atoms with Crippen LogP contribution in [-0.2, 0) is 4.74 Å². The van der Waals surface area contributed by atoms with E-state index in [2.05, 4.69) is 9.97 Å². The van der Waals surface area contributed by atoms with Crippen molar-refractivity contribution in [1.82, 2.24) is 14.5 Å². The van der Waals surface area contributed by atoms with Crippen molar-refractivity contribution in [1.29, 1.82) is 0 Å². The van der Waals surface area contributed by atoms with Gasteiger partial charge in [-0.05, 0) is 0 Å². The first kappa shape index (κ1) is 11.9. The lowest BCUT2D eigenvalue weighted by Crippen LogP contribution is -2.36. The Morgan fingerprint density at radius 3 is 2.71 bits per heavy atom. The molecule has 0 aliphatic carbocycles. The van der Waals surface area contributed by atoms with Crippen LogP contribution in [0.2, 0.25) is 0 Å². The van der Waals surface area contributed by atoms with E-state index in [0.29, 0.717) is 0 Å². The first-order valence-electron chi connectivity index (χ1n) is 4.87. The maximum Gasteiger partial charge on any atom is 0.354 e. The van der Waals surface area contributed by atoms with Gasteiger partial charge in [0.2, 0.25) is 5.95 Å². The fourth-order valence-corrected chi connectivity index (χ4v) is 1.64. The number of nitrogens with zero attached hydrogens (tertiary/aromatic N) is 3. The van der Waals surface area contributed by atoms with Gasteiger partial charge in [-0.15, -0.1) is 0 Å². The standard InChI is InChI=1S/C8H12N4O5/c9-7-10-2-12(8(16)11-7)6-5(15)4(14)3(1-13)17-6/h2-6,13-15H,1H2,(H2,9,11,16)/t3-,4?,5-,6-/m1/s1. The normalized spacial score (nSPS) is 32.9. The summed E-state index contributed by atoms with van der Waals surface area (Å²) in [7, 11) is 0. The third kappa shape index (κ3) is 2.00. The molecule has 5 N–H and O–H groups in total. The number of aromatic nitrogens is 3. The highest BCUT2D eigenvalue weighted by Crippen LogP contribution is 2.27. The lowest BCUT2D eigenvalue weighted by atomic mass is 10.1. The minimum Gasteiger partial charge on any atom is -0.394 e. The van der Waals surface area contributed by atoms with E-state index in [9.17, 15) is 15.0 Å². The Bertz CT molecular complexity index is 463. The Balaban J connectivity index is 2.32. The molecule has 17 heavy (non-hydrogen) atoms. The molecule has 9 nitrogen and oxygen atoms in total. The summed E-state index contributed by atoms with van der Waals surface area (Å²) in [5, 5.41) is 28.1. The minimum atomic E-state index is -1.35. The number of hydrogen-bond acceptors (Lipinski definition) is 8. The predicted molar refractivity (Wildman–Crippen MR) is 53.7 cm³/mol. The molecule has 0 saturated carbocycles. The molecule has 9 heteroatoms. The van der Waals surface area contributed by atoms with E-state index >= 15 is 0 Å². The van der Waals surface area contributed by atoms with Crippen molar-refractivity contribution in [2.45, 2.75) is 24.5 Å². The average molecular weight is 244 g/mol. The van der Waals surface area contributed by atoms with E-state index in [1.54, 1.807) is 0 Å². The van der Waals surface area contributed by atoms with E-state index in [1.165, 1.54) is 0 Å². The van der Waals surface area contributed by atoms with Crippen molar-refractivity contribution >= 4 is 5.95 Å². The molecule has 1 saturated heterocycles. The SMILES string of the molecule is Nc1ncn([C@@H]2O[C@H](CO)C(O)[C@H]2O)c(=O)n1. The highest BCUT2D eigenvalue weighted by molar-refractivity contribution is 5.10. The van der Waals surface area contributed by atoms with E-state index in [4.69, 9.17) is 15.6 Å². The van der Waals surface area contributed by atoms with Crippen molar-refractivity contribution in [3.8, 4) is 0 Å². The van der Waals surface area contributed by atoms with Crippen LogP contribution in [-0.4, -0.2) is 54.8 Å². The van der Waals surface area contributed by atoms with Gasteiger partial charge in [0.05, 0.1) is 6.61 Å². The molecule has 1 aromatic rings. The van der Waals surface area contributed by atoms with E-state index in [0.717, 1.165) is 10.9 Å². The first-order chi connectivity index (χ1) is 8.04. The number of aliphatic hydroxyl groups excluding tert-OH is 3. The number of hydrogen-bond donors (Lipinski definition) is 4. The van der Waals surface area contributed by atoms with Gasteiger partial charge in [0.15, 0.2) is 6.23 Å². The maximum atomic E-state index is 11.5. The third-order valence-electron chi connectivity index (χ3n) is 2.54. The molecule has 1 fully saturated rings. The Morgan fingerprint density at radius 1 is 1.47 bits per heavy atom. The fourth-order valence-electron chi connectivity index (χ4n) is 1.64. The van der Waals surface area contributed by atoms with Crippen LogP contribution in [0.25, 0.3) is 0 Å². The van der Waals surface area contributed by atoms with Gasteiger partial charge in [0.25, 0.3) is 0 Å². The van der Waals surface area contributed by atoms with Gasteiger partial charge >= 0.3 is 5.69 Å². The number of rotatable bonds is 2. The van der Waals surface area contributed by atoms with E-state index in [1.807, 2.05) is 0 Å². The van der Waals surface area contributed by atoms with Crippen LogP contribution < -0.4 is 11.4 Å². The predicted octanol–water partition coefficient (Wildman–Crippen LogP) is -3.17. The Hall–Kier alpha value is -1.55. The fraction of sp³-hybridized carbons (Fsp3) is 0.625. The van der Waals surface area contributed by atoms with Crippen molar-refractivity contribution in [2.75, 3.05) is 12.3 Å². The number of nitrogen functional groups attached to an aromatic ring is 1. The third-order valence-corrected chi connectivity index (χ3v) is 2.54. The molecule has 0 amide bonds. The second kappa shape index (κ2) is 4.37. The molecular weight excluding hydrogens is 232 g/mol. The summed E-state index contributed by atoms with van der Waals surface area (Å²) in [5.74, 6) is -0.196. The zero-order valence-electron chi connectivity index (χ0n) is 8.67. The van der Waals surface area contributed by atoms with Crippen LogP contribution in [0.4, 0.5) is 5.95 Å². The summed E-state index contributed by atoms with van der Waals surface area (Å²) in [5.41, 5.74) is 4.46. The van der Waals surface area contributed by atoms with Crippen molar-refractivity contribution in [3.63, 3.8) is 0 Å². The van der Waals surface area contributed by atoms with Crippen LogP contribution in [0.1, 0.15) is 6.23 Å². The van der Waals surface area contributed by atoms with Crippen LogP contribution >= 0.6 is 0 Å². The molecule has 0 aromatic carbocycles. The molecule has 0 spiro atoms. The number of aliphatic hydroxyl groups is 3. The van der Waals surface area contributed by atoms with Crippen LogP contribution in [0, 0.1) is 0 Å². The largest absolute Gasteiger partial charge is 0.394 e. The Kier molecular flexibility index (Phi) is 3.07. The van der Waals surface area contributed by atoms with E-state index < -0.39 is 36.8 Å². The zero-order valence-corrected chi connectivity index (χ0v) is 8.67. The molecule has 1 aromatic heterocycles. The molecule has 0 bridgehead atoms. The number of anilines is 1. The summed E-state index contributed by atoms with van der Waals surface area (Å²) in [6, 6.07) is 0. The van der Waals surface area contributed by atoms with Crippen LogP contribution in [0.5, 0.6) is 0 Å².